The summed E-state index contributed by atoms with van der Waals surface area (Å²) < 4.78 is 5.24. The highest BCUT2D eigenvalue weighted by Crippen LogP contribution is 2.40. The molecule has 1 atom stereocenters. The van der Waals surface area contributed by atoms with E-state index in [1.807, 2.05) is 18.2 Å². The molecule has 1 aliphatic heterocycles. The van der Waals surface area contributed by atoms with Gasteiger partial charge in [0.1, 0.15) is 12.1 Å². The number of ether oxygens (including phenoxy) is 1. The maximum atomic E-state index is 11.2. The van der Waals surface area contributed by atoms with E-state index in [0.717, 1.165) is 5.56 Å². The van der Waals surface area contributed by atoms with Crippen molar-refractivity contribution in [3.8, 4) is 5.75 Å². The largest absolute Gasteiger partial charge is 0.497 e. The molecule has 0 saturated carbocycles. The molecular weight excluding hydrogens is 296 g/mol. The summed E-state index contributed by atoms with van der Waals surface area (Å²) in [5, 5.41) is 19.3. The number of hydrogen-bond acceptors (Lipinski definition) is 6. The normalized spacial score (nSPS) is 19.0. The predicted octanol–water partition coefficient (Wildman–Crippen LogP) is 3.61. The minimum Gasteiger partial charge on any atom is -0.497 e. The fraction of sp³-hybridized carbons (Fsp3) is 0.188. The Morgan fingerprint density at radius 2 is 1.96 bits per heavy atom. The topological polar surface area (TPSA) is 89.5 Å². The second-order valence-electron chi connectivity index (χ2n) is 5.12. The molecule has 0 aliphatic carbocycles. The fourth-order valence-electron chi connectivity index (χ4n) is 2.54. The first-order chi connectivity index (χ1) is 11.1. The number of hydrogen-bond donors (Lipinski definition) is 0. The smallest absolute Gasteiger partial charge is 0.272 e. The van der Waals surface area contributed by atoms with E-state index in [2.05, 4.69) is 15.2 Å². The van der Waals surface area contributed by atoms with Gasteiger partial charge in [-0.25, -0.2) is 4.99 Å². The number of azo groups is 1. The number of methoxy groups -OCH3 is 1. The van der Waals surface area contributed by atoms with Crippen LogP contribution in [0.5, 0.6) is 5.75 Å². The molecule has 0 fully saturated rings. The van der Waals surface area contributed by atoms with Crippen LogP contribution < -0.4 is 4.74 Å². The Morgan fingerprint density at radius 1 is 1.17 bits per heavy atom. The van der Waals surface area contributed by atoms with E-state index < -0.39 is 10.6 Å². The van der Waals surface area contributed by atoms with Crippen molar-refractivity contribution in [2.45, 2.75) is 12.6 Å². The Balaban J connectivity index is 2.20. The summed E-state index contributed by atoms with van der Waals surface area (Å²) in [6.45, 7) is 1.69. The van der Waals surface area contributed by atoms with E-state index in [4.69, 9.17) is 4.74 Å². The molecule has 0 spiro atoms. The molecule has 0 N–H and O–H groups in total. The molecule has 0 radical (unpaired) electrons. The van der Waals surface area contributed by atoms with Crippen molar-refractivity contribution in [1.82, 2.24) is 0 Å². The van der Waals surface area contributed by atoms with E-state index in [9.17, 15) is 10.1 Å². The maximum absolute atomic E-state index is 11.2. The van der Waals surface area contributed by atoms with Gasteiger partial charge in [-0.2, -0.15) is 0 Å². The molecule has 2 aromatic carbocycles. The summed E-state index contributed by atoms with van der Waals surface area (Å²) in [7, 11) is 1.57. The van der Waals surface area contributed by atoms with Crippen molar-refractivity contribution in [2.24, 2.45) is 15.2 Å². The van der Waals surface area contributed by atoms with Crippen molar-refractivity contribution >= 4 is 12.0 Å². The zero-order chi connectivity index (χ0) is 16.4. The summed E-state index contributed by atoms with van der Waals surface area (Å²) in [5.74, 6) is 0.654. The van der Waals surface area contributed by atoms with Crippen molar-refractivity contribution in [2.75, 3.05) is 7.11 Å². The van der Waals surface area contributed by atoms with Gasteiger partial charge in [0.2, 0.25) is 5.66 Å². The molecule has 7 heteroatoms. The molecule has 2 aromatic rings. The molecule has 1 heterocycles. The van der Waals surface area contributed by atoms with E-state index >= 15 is 0 Å². The third-order valence-corrected chi connectivity index (χ3v) is 3.78. The third kappa shape index (κ3) is 2.46. The van der Waals surface area contributed by atoms with Gasteiger partial charge in [-0.05, 0) is 19.1 Å². The molecule has 116 valence electrons. The Bertz CT molecular complexity index is 818. The maximum Gasteiger partial charge on any atom is 0.272 e. The van der Waals surface area contributed by atoms with Gasteiger partial charge in [-0.3, -0.25) is 10.1 Å². The summed E-state index contributed by atoms with van der Waals surface area (Å²) in [6.07, 6.45) is 1.35. The standard InChI is InChI=1S/C16H14N4O3/c1-11-6-7-13(9-15(11)20(21)22)16(17-10-18-19-16)12-4-3-5-14(8-12)23-2/h3-10H,1-2H3. The molecule has 0 bridgehead atoms. The van der Waals surface area contributed by atoms with Crippen LogP contribution in [0.1, 0.15) is 16.7 Å². The van der Waals surface area contributed by atoms with Crippen LogP contribution in [0.3, 0.4) is 0 Å². The summed E-state index contributed by atoms with van der Waals surface area (Å²) in [6, 6.07) is 12.2. The third-order valence-electron chi connectivity index (χ3n) is 3.78. The van der Waals surface area contributed by atoms with Crippen LogP contribution >= 0.6 is 0 Å². The van der Waals surface area contributed by atoms with Crippen LogP contribution in [0, 0.1) is 17.0 Å². The highest BCUT2D eigenvalue weighted by atomic mass is 16.6. The molecule has 7 nitrogen and oxygen atoms in total. The average Bonchev–Trinajstić information content (AvgIpc) is 3.06. The lowest BCUT2D eigenvalue weighted by Gasteiger charge is -2.23. The zero-order valence-corrected chi connectivity index (χ0v) is 12.6. The summed E-state index contributed by atoms with van der Waals surface area (Å²) >= 11 is 0. The lowest BCUT2D eigenvalue weighted by Crippen LogP contribution is -2.21. The molecule has 0 saturated heterocycles. The molecule has 1 aliphatic rings. The minimum atomic E-state index is -1.12. The Labute approximate surface area is 132 Å². The van der Waals surface area contributed by atoms with Crippen molar-refractivity contribution in [3.63, 3.8) is 0 Å². The number of aliphatic imine (C=N–C) groups is 1. The molecule has 23 heavy (non-hydrogen) atoms. The first-order valence-electron chi connectivity index (χ1n) is 6.92. The van der Waals surface area contributed by atoms with Gasteiger partial charge in [0.15, 0.2) is 0 Å². The van der Waals surface area contributed by atoms with Crippen molar-refractivity contribution < 1.29 is 9.66 Å². The van der Waals surface area contributed by atoms with Crippen molar-refractivity contribution in [1.29, 1.82) is 0 Å². The summed E-state index contributed by atoms with van der Waals surface area (Å²) in [5.41, 5.74) is 0.807. The molecule has 3 rings (SSSR count). The van der Waals surface area contributed by atoms with E-state index in [-0.39, 0.29) is 5.69 Å². The number of aryl methyl sites for hydroxylation is 1. The van der Waals surface area contributed by atoms with Crippen LogP contribution in [-0.4, -0.2) is 18.4 Å². The highest BCUT2D eigenvalue weighted by Gasteiger charge is 2.37. The zero-order valence-electron chi connectivity index (χ0n) is 12.6. The van der Waals surface area contributed by atoms with Gasteiger partial charge in [-0.15, -0.1) is 10.2 Å². The Hall–Kier alpha value is -3.09. The first-order valence-corrected chi connectivity index (χ1v) is 6.92. The number of nitro benzene ring substituents is 1. The number of rotatable bonds is 4. The van der Waals surface area contributed by atoms with Gasteiger partial charge in [0, 0.05) is 22.8 Å². The lowest BCUT2D eigenvalue weighted by molar-refractivity contribution is -0.385. The lowest BCUT2D eigenvalue weighted by atomic mass is 9.91. The number of nitrogens with zero attached hydrogens (tertiary/aromatic N) is 4. The fourth-order valence-corrected chi connectivity index (χ4v) is 2.54. The van der Waals surface area contributed by atoms with Gasteiger partial charge >= 0.3 is 0 Å². The van der Waals surface area contributed by atoms with Crippen LogP contribution in [0.4, 0.5) is 5.69 Å². The SMILES string of the molecule is COc1cccc(C2(c3ccc(C)c([N+](=O)[O-])c3)N=CN=N2)c1. The first kappa shape index (κ1) is 14.8. The van der Waals surface area contributed by atoms with Crippen LogP contribution in [0.2, 0.25) is 0 Å². The van der Waals surface area contributed by atoms with Gasteiger partial charge in [0.05, 0.1) is 12.0 Å². The second kappa shape index (κ2) is 5.60. The number of benzene rings is 2. The van der Waals surface area contributed by atoms with Crippen molar-refractivity contribution in [3.05, 3.63) is 69.3 Å². The Kier molecular flexibility index (Phi) is 3.61. The highest BCUT2D eigenvalue weighted by molar-refractivity contribution is 5.61. The predicted molar refractivity (Wildman–Crippen MR) is 85.0 cm³/mol. The van der Waals surface area contributed by atoms with E-state index in [0.29, 0.717) is 16.9 Å². The molecular formula is C16H14N4O3. The Morgan fingerprint density at radius 3 is 2.61 bits per heavy atom. The number of nitro groups is 1. The van der Waals surface area contributed by atoms with E-state index in [1.165, 1.54) is 12.4 Å². The minimum absolute atomic E-state index is 0.0297. The van der Waals surface area contributed by atoms with E-state index in [1.54, 1.807) is 32.2 Å². The second-order valence-corrected chi connectivity index (χ2v) is 5.12. The van der Waals surface area contributed by atoms with Gasteiger partial charge in [-0.1, -0.05) is 24.3 Å². The van der Waals surface area contributed by atoms with Gasteiger partial charge in [0.25, 0.3) is 5.69 Å². The molecule has 0 aromatic heterocycles. The quantitative estimate of drug-likeness (QED) is 0.638. The molecule has 0 amide bonds. The monoisotopic (exact) mass is 310 g/mol. The molecule has 1 unspecified atom stereocenters. The average molecular weight is 310 g/mol. The summed E-state index contributed by atoms with van der Waals surface area (Å²) in [4.78, 5) is 15.2. The van der Waals surface area contributed by atoms with Crippen LogP contribution in [-0.2, 0) is 5.66 Å². The van der Waals surface area contributed by atoms with Gasteiger partial charge < -0.3 is 4.74 Å². The van der Waals surface area contributed by atoms with Crippen LogP contribution in [0.15, 0.2) is 57.7 Å². The van der Waals surface area contributed by atoms with Crippen LogP contribution in [0.25, 0.3) is 0 Å².